The number of para-hydroxylation sites is 1. The molecule has 1 aromatic carbocycles. The highest BCUT2D eigenvalue weighted by atomic mass is 16.5. The van der Waals surface area contributed by atoms with E-state index >= 15 is 0 Å². The zero-order valence-electron chi connectivity index (χ0n) is 11.0. The lowest BCUT2D eigenvalue weighted by atomic mass is 10.1. The Morgan fingerprint density at radius 3 is 2.56 bits per heavy atom. The Bertz CT molecular complexity index is 427. The number of ether oxygens (including phenoxy) is 1. The third-order valence-electron chi connectivity index (χ3n) is 2.30. The van der Waals surface area contributed by atoms with Crippen molar-refractivity contribution in [2.45, 2.75) is 33.2 Å². The smallest absolute Gasteiger partial charge is 0.223 e. The van der Waals surface area contributed by atoms with Crippen LogP contribution >= 0.6 is 0 Å². The molecule has 0 aromatic heterocycles. The van der Waals surface area contributed by atoms with Crippen molar-refractivity contribution in [3.8, 4) is 5.75 Å². The zero-order valence-corrected chi connectivity index (χ0v) is 11.0. The molecule has 0 saturated carbocycles. The molecule has 1 amide bonds. The van der Waals surface area contributed by atoms with Gasteiger partial charge in [0.2, 0.25) is 5.91 Å². The minimum atomic E-state index is -0.0506. The standard InChI is InChI=1S/C14H19NO3/c1-10(2)15-14(17)8-9-18-13-7-5-4-6-12(13)11(3)16/h4-7,10H,8-9H2,1-3H3,(H,15,17). The molecule has 18 heavy (non-hydrogen) atoms. The highest BCUT2D eigenvalue weighted by molar-refractivity contribution is 5.96. The summed E-state index contributed by atoms with van der Waals surface area (Å²) in [5.74, 6) is 0.435. The van der Waals surface area contributed by atoms with Crippen LogP contribution < -0.4 is 10.1 Å². The van der Waals surface area contributed by atoms with Crippen LogP contribution in [0.5, 0.6) is 5.75 Å². The van der Waals surface area contributed by atoms with Gasteiger partial charge in [-0.3, -0.25) is 9.59 Å². The Hall–Kier alpha value is -1.84. The Morgan fingerprint density at radius 2 is 1.94 bits per heavy atom. The van der Waals surface area contributed by atoms with Crippen LogP contribution in [0.3, 0.4) is 0 Å². The molecule has 98 valence electrons. The Morgan fingerprint density at radius 1 is 1.28 bits per heavy atom. The fourth-order valence-corrected chi connectivity index (χ4v) is 1.53. The maximum atomic E-state index is 11.4. The number of benzene rings is 1. The third kappa shape index (κ3) is 4.57. The molecule has 4 heteroatoms. The molecule has 0 aliphatic rings. The first-order valence-corrected chi connectivity index (χ1v) is 6.03. The molecule has 0 atom stereocenters. The normalized spacial score (nSPS) is 10.2. The number of rotatable bonds is 6. The van der Waals surface area contributed by atoms with E-state index in [1.165, 1.54) is 6.92 Å². The van der Waals surface area contributed by atoms with E-state index in [-0.39, 0.29) is 30.8 Å². The highest BCUT2D eigenvalue weighted by Crippen LogP contribution is 2.18. The molecule has 4 nitrogen and oxygen atoms in total. The first-order chi connectivity index (χ1) is 8.50. The van der Waals surface area contributed by atoms with Crippen LogP contribution in [-0.2, 0) is 4.79 Å². The summed E-state index contributed by atoms with van der Waals surface area (Å²) >= 11 is 0. The van der Waals surface area contributed by atoms with E-state index < -0.39 is 0 Å². The third-order valence-corrected chi connectivity index (χ3v) is 2.30. The van der Waals surface area contributed by atoms with E-state index in [0.29, 0.717) is 11.3 Å². The molecule has 0 radical (unpaired) electrons. The molecule has 0 aliphatic heterocycles. The summed E-state index contributed by atoms with van der Waals surface area (Å²) in [6.07, 6.45) is 0.282. The van der Waals surface area contributed by atoms with E-state index in [2.05, 4.69) is 5.32 Å². The summed E-state index contributed by atoms with van der Waals surface area (Å²) in [4.78, 5) is 22.8. The molecule has 1 N–H and O–H groups in total. The maximum absolute atomic E-state index is 11.4. The van der Waals surface area contributed by atoms with Crippen molar-refractivity contribution in [2.24, 2.45) is 0 Å². The molecule has 1 rings (SSSR count). The topological polar surface area (TPSA) is 55.4 Å². The van der Waals surface area contributed by atoms with Gasteiger partial charge in [0.25, 0.3) is 0 Å². The second kappa shape index (κ2) is 6.79. The van der Waals surface area contributed by atoms with Crippen molar-refractivity contribution >= 4 is 11.7 Å². The molecule has 0 saturated heterocycles. The average Bonchev–Trinajstić information content (AvgIpc) is 2.28. The quantitative estimate of drug-likeness (QED) is 0.786. The van der Waals surface area contributed by atoms with E-state index in [4.69, 9.17) is 4.74 Å². The lowest BCUT2D eigenvalue weighted by Gasteiger charge is -2.11. The second-order valence-electron chi connectivity index (χ2n) is 4.37. The van der Waals surface area contributed by atoms with Gasteiger partial charge in [-0.15, -0.1) is 0 Å². The van der Waals surface area contributed by atoms with Crippen LogP contribution in [0.25, 0.3) is 0 Å². The van der Waals surface area contributed by atoms with Gasteiger partial charge in [0.1, 0.15) is 5.75 Å². The first kappa shape index (κ1) is 14.2. The first-order valence-electron chi connectivity index (χ1n) is 6.03. The second-order valence-corrected chi connectivity index (χ2v) is 4.37. The average molecular weight is 249 g/mol. The SMILES string of the molecule is CC(=O)c1ccccc1OCCC(=O)NC(C)C. The van der Waals surface area contributed by atoms with E-state index in [1.807, 2.05) is 13.8 Å². The van der Waals surface area contributed by atoms with Gasteiger partial charge < -0.3 is 10.1 Å². The number of carbonyl (C=O) groups is 2. The van der Waals surface area contributed by atoms with Gasteiger partial charge in [-0.25, -0.2) is 0 Å². The fraction of sp³-hybridized carbons (Fsp3) is 0.429. The number of Topliss-reactive ketones (excluding diaryl/α,β-unsaturated/α-hetero) is 1. The zero-order chi connectivity index (χ0) is 13.5. The van der Waals surface area contributed by atoms with Crippen molar-refractivity contribution in [3.05, 3.63) is 29.8 Å². The molecular weight excluding hydrogens is 230 g/mol. The summed E-state index contributed by atoms with van der Waals surface area (Å²) in [6.45, 7) is 5.57. The highest BCUT2D eigenvalue weighted by Gasteiger charge is 2.08. The number of hydrogen-bond donors (Lipinski definition) is 1. The van der Waals surface area contributed by atoms with Crippen LogP contribution in [0.4, 0.5) is 0 Å². The molecular formula is C14H19NO3. The van der Waals surface area contributed by atoms with E-state index in [9.17, 15) is 9.59 Å². The van der Waals surface area contributed by atoms with Gasteiger partial charge in [0, 0.05) is 6.04 Å². The summed E-state index contributed by atoms with van der Waals surface area (Å²) in [5.41, 5.74) is 0.543. The molecule has 0 unspecified atom stereocenters. The molecule has 0 spiro atoms. The van der Waals surface area contributed by atoms with Gasteiger partial charge >= 0.3 is 0 Å². The van der Waals surface area contributed by atoms with Crippen molar-refractivity contribution in [3.63, 3.8) is 0 Å². The molecule has 0 aliphatic carbocycles. The van der Waals surface area contributed by atoms with Crippen LogP contribution in [0.15, 0.2) is 24.3 Å². The van der Waals surface area contributed by atoms with Crippen molar-refractivity contribution in [1.82, 2.24) is 5.32 Å². The van der Waals surface area contributed by atoms with Gasteiger partial charge in [-0.2, -0.15) is 0 Å². The monoisotopic (exact) mass is 249 g/mol. The van der Waals surface area contributed by atoms with Gasteiger partial charge in [-0.1, -0.05) is 12.1 Å². The molecule has 0 bridgehead atoms. The van der Waals surface area contributed by atoms with Gasteiger partial charge in [0.15, 0.2) is 5.78 Å². The largest absolute Gasteiger partial charge is 0.492 e. The molecule has 0 fully saturated rings. The van der Waals surface area contributed by atoms with Crippen molar-refractivity contribution in [1.29, 1.82) is 0 Å². The fourth-order valence-electron chi connectivity index (χ4n) is 1.53. The summed E-state index contributed by atoms with van der Waals surface area (Å²) < 4.78 is 5.47. The Kier molecular flexibility index (Phi) is 5.36. The minimum absolute atomic E-state index is 0.0442. The van der Waals surface area contributed by atoms with Crippen LogP contribution in [0, 0.1) is 0 Å². The Balaban J connectivity index is 2.49. The molecule has 0 heterocycles. The maximum Gasteiger partial charge on any atom is 0.223 e. The van der Waals surface area contributed by atoms with Crippen LogP contribution in [-0.4, -0.2) is 24.3 Å². The van der Waals surface area contributed by atoms with E-state index in [1.54, 1.807) is 24.3 Å². The number of amides is 1. The number of ketones is 1. The summed E-state index contributed by atoms with van der Waals surface area (Å²) in [6, 6.07) is 7.16. The van der Waals surface area contributed by atoms with Gasteiger partial charge in [-0.05, 0) is 32.9 Å². The summed E-state index contributed by atoms with van der Waals surface area (Å²) in [5, 5.41) is 2.78. The lowest BCUT2D eigenvalue weighted by molar-refractivity contribution is -0.122. The lowest BCUT2D eigenvalue weighted by Crippen LogP contribution is -2.31. The van der Waals surface area contributed by atoms with Crippen molar-refractivity contribution < 1.29 is 14.3 Å². The predicted molar refractivity (Wildman–Crippen MR) is 69.8 cm³/mol. The predicted octanol–water partition coefficient (Wildman–Crippen LogP) is 2.18. The van der Waals surface area contributed by atoms with Crippen LogP contribution in [0.1, 0.15) is 37.6 Å². The molecule has 1 aromatic rings. The number of carbonyl (C=O) groups excluding carboxylic acids is 2. The summed E-state index contributed by atoms with van der Waals surface area (Å²) in [7, 11) is 0. The van der Waals surface area contributed by atoms with Gasteiger partial charge in [0.05, 0.1) is 18.6 Å². The van der Waals surface area contributed by atoms with Crippen LogP contribution in [0.2, 0.25) is 0 Å². The number of hydrogen-bond acceptors (Lipinski definition) is 3. The van der Waals surface area contributed by atoms with E-state index in [0.717, 1.165) is 0 Å². The number of nitrogens with one attached hydrogen (secondary N) is 1. The Labute approximate surface area is 107 Å². The minimum Gasteiger partial charge on any atom is -0.492 e. The van der Waals surface area contributed by atoms with Crippen molar-refractivity contribution in [2.75, 3.05) is 6.61 Å².